The third-order valence-electron chi connectivity index (χ3n) is 6.94. The molecular weight excluding hydrogens is 380 g/mol. The molecule has 0 fully saturated rings. The van der Waals surface area contributed by atoms with Crippen molar-refractivity contribution in [2.75, 3.05) is 0 Å². The Balaban J connectivity index is 1.75. The summed E-state index contributed by atoms with van der Waals surface area (Å²) in [5.74, 6) is 0. The summed E-state index contributed by atoms with van der Waals surface area (Å²) in [6.45, 7) is 8.81. The minimum absolute atomic E-state index is 0.0891. The number of rotatable bonds is 1. The maximum absolute atomic E-state index is 6.72. The molecule has 6 rings (SSSR count). The highest BCUT2D eigenvalue weighted by atomic mass is 16.3. The summed E-state index contributed by atoms with van der Waals surface area (Å²) in [7, 11) is 2.10. The molecule has 0 amide bonds. The molecule has 3 heteroatoms. The molecule has 0 N–H and O–H groups in total. The van der Waals surface area contributed by atoms with E-state index in [1.165, 1.54) is 33.4 Å². The van der Waals surface area contributed by atoms with Crippen LogP contribution in [-0.2, 0) is 12.5 Å². The van der Waals surface area contributed by atoms with Crippen molar-refractivity contribution in [3.8, 4) is 22.4 Å². The highest BCUT2D eigenvalue weighted by Crippen LogP contribution is 2.52. The van der Waals surface area contributed by atoms with Gasteiger partial charge in [-0.15, -0.1) is 0 Å². The van der Waals surface area contributed by atoms with Gasteiger partial charge in [0.15, 0.2) is 17.4 Å². The van der Waals surface area contributed by atoms with Crippen molar-refractivity contribution >= 4 is 22.1 Å². The van der Waals surface area contributed by atoms with Gasteiger partial charge in [0.25, 0.3) is 0 Å². The maximum atomic E-state index is 6.72. The van der Waals surface area contributed by atoms with Crippen LogP contribution in [0, 0.1) is 13.8 Å². The third-order valence-corrected chi connectivity index (χ3v) is 6.94. The van der Waals surface area contributed by atoms with Crippen LogP contribution in [0.1, 0.15) is 36.1 Å². The highest BCUT2D eigenvalue weighted by molar-refractivity contribution is 6.12. The summed E-state index contributed by atoms with van der Waals surface area (Å²) < 4.78 is 8.90. The number of aromatic nitrogens is 2. The zero-order chi connectivity index (χ0) is 21.5. The molecule has 3 aromatic heterocycles. The fourth-order valence-corrected chi connectivity index (χ4v) is 5.32. The molecule has 0 spiro atoms. The molecule has 152 valence electrons. The number of benzene rings is 2. The molecule has 0 atom stereocenters. The summed E-state index contributed by atoms with van der Waals surface area (Å²) in [4.78, 5) is 4.92. The van der Waals surface area contributed by atoms with E-state index in [1.54, 1.807) is 0 Å². The Labute approximate surface area is 182 Å². The van der Waals surface area contributed by atoms with E-state index in [4.69, 9.17) is 9.40 Å². The summed E-state index contributed by atoms with van der Waals surface area (Å²) in [5, 5.41) is 1.07. The second kappa shape index (κ2) is 6.04. The summed E-state index contributed by atoms with van der Waals surface area (Å²) in [5.41, 5.74) is 12.4. The first-order valence-corrected chi connectivity index (χ1v) is 10.8. The quantitative estimate of drug-likeness (QED) is 0.302. The van der Waals surface area contributed by atoms with Crippen molar-refractivity contribution < 1.29 is 8.98 Å². The standard InChI is InChI=1S/C28H25N2O/c1-16-10-13-22(30(5)15-16)23-17(2)11-12-19-25-27(31-26(19)23)24-18-8-6-7-9-20(18)28(3,4)21(24)14-29-25/h6-15H,1-5H3/q+1. The van der Waals surface area contributed by atoms with Crippen molar-refractivity contribution in [1.29, 1.82) is 0 Å². The Hall–Kier alpha value is -3.46. The Morgan fingerprint density at radius 1 is 0.871 bits per heavy atom. The van der Waals surface area contributed by atoms with Gasteiger partial charge in [-0.3, -0.25) is 4.98 Å². The number of hydrogen-bond donors (Lipinski definition) is 0. The SMILES string of the molecule is Cc1ccc(-c2c(C)ccc3c2oc2c4c(cnc23)C(C)(C)c2ccccc2-4)[n+](C)c1. The number of nitrogens with zero attached hydrogens (tertiary/aromatic N) is 2. The van der Waals surface area contributed by atoms with Crippen LogP contribution in [0.15, 0.2) is 65.3 Å². The number of hydrogen-bond acceptors (Lipinski definition) is 2. The highest BCUT2D eigenvalue weighted by Gasteiger charge is 2.38. The van der Waals surface area contributed by atoms with Crippen LogP contribution in [0.2, 0.25) is 0 Å². The van der Waals surface area contributed by atoms with Gasteiger partial charge in [0.2, 0.25) is 5.69 Å². The number of aryl methyl sites for hydroxylation is 3. The first-order chi connectivity index (χ1) is 14.9. The van der Waals surface area contributed by atoms with Gasteiger partial charge in [-0.1, -0.05) is 44.2 Å². The van der Waals surface area contributed by atoms with E-state index in [2.05, 4.69) is 100 Å². The molecule has 3 heterocycles. The van der Waals surface area contributed by atoms with Crippen molar-refractivity contribution in [1.82, 2.24) is 4.98 Å². The Bertz CT molecular complexity index is 1540. The van der Waals surface area contributed by atoms with Crippen molar-refractivity contribution in [3.63, 3.8) is 0 Å². The van der Waals surface area contributed by atoms with E-state index in [0.717, 1.165) is 33.3 Å². The molecule has 3 nitrogen and oxygen atoms in total. The van der Waals surface area contributed by atoms with E-state index in [-0.39, 0.29) is 5.41 Å². The monoisotopic (exact) mass is 405 g/mol. The molecule has 5 aromatic rings. The fourth-order valence-electron chi connectivity index (χ4n) is 5.32. The van der Waals surface area contributed by atoms with Crippen molar-refractivity contribution in [2.45, 2.75) is 33.1 Å². The smallest absolute Gasteiger partial charge is 0.216 e. The van der Waals surface area contributed by atoms with Gasteiger partial charge in [0.1, 0.15) is 12.6 Å². The van der Waals surface area contributed by atoms with Crippen molar-refractivity contribution in [2.24, 2.45) is 7.05 Å². The molecule has 0 bridgehead atoms. The van der Waals surface area contributed by atoms with Gasteiger partial charge in [-0.05, 0) is 48.2 Å². The van der Waals surface area contributed by atoms with Crippen LogP contribution in [0.25, 0.3) is 44.5 Å². The van der Waals surface area contributed by atoms with E-state index < -0.39 is 0 Å². The summed E-state index contributed by atoms with van der Waals surface area (Å²) in [6, 6.07) is 17.3. The van der Waals surface area contributed by atoms with Crippen LogP contribution in [0.3, 0.4) is 0 Å². The van der Waals surface area contributed by atoms with E-state index >= 15 is 0 Å². The minimum Gasteiger partial charge on any atom is -0.453 e. The lowest BCUT2D eigenvalue weighted by atomic mass is 9.83. The zero-order valence-corrected chi connectivity index (χ0v) is 18.6. The van der Waals surface area contributed by atoms with Crippen LogP contribution < -0.4 is 4.57 Å². The normalized spacial score (nSPS) is 14.2. The molecule has 0 radical (unpaired) electrons. The topological polar surface area (TPSA) is 29.9 Å². The van der Waals surface area contributed by atoms with Crippen LogP contribution in [-0.4, -0.2) is 4.98 Å². The second-order valence-corrected chi connectivity index (χ2v) is 9.33. The minimum atomic E-state index is -0.0891. The number of furan rings is 1. The molecule has 0 saturated heterocycles. The Morgan fingerprint density at radius 2 is 1.68 bits per heavy atom. The first kappa shape index (κ1) is 18.3. The lowest BCUT2D eigenvalue weighted by molar-refractivity contribution is -0.660. The van der Waals surface area contributed by atoms with Gasteiger partial charge >= 0.3 is 0 Å². The second-order valence-electron chi connectivity index (χ2n) is 9.33. The van der Waals surface area contributed by atoms with Crippen LogP contribution in [0.4, 0.5) is 0 Å². The average Bonchev–Trinajstić information content (AvgIpc) is 3.22. The average molecular weight is 406 g/mol. The van der Waals surface area contributed by atoms with E-state index in [9.17, 15) is 0 Å². The molecule has 31 heavy (non-hydrogen) atoms. The van der Waals surface area contributed by atoms with Crippen molar-refractivity contribution in [3.05, 3.63) is 83.2 Å². The third kappa shape index (κ3) is 2.35. The maximum Gasteiger partial charge on any atom is 0.216 e. The molecule has 0 saturated carbocycles. The molecule has 1 aliphatic carbocycles. The predicted octanol–water partition coefficient (Wildman–Crippen LogP) is 6.40. The van der Waals surface area contributed by atoms with Gasteiger partial charge in [-0.25, -0.2) is 4.57 Å². The summed E-state index contributed by atoms with van der Waals surface area (Å²) >= 11 is 0. The predicted molar refractivity (Wildman–Crippen MR) is 125 cm³/mol. The molecule has 1 aliphatic rings. The molecule has 0 unspecified atom stereocenters. The zero-order valence-electron chi connectivity index (χ0n) is 18.6. The van der Waals surface area contributed by atoms with Gasteiger partial charge < -0.3 is 4.42 Å². The van der Waals surface area contributed by atoms with E-state index in [1.807, 2.05) is 0 Å². The fraction of sp³-hybridized carbons (Fsp3) is 0.214. The van der Waals surface area contributed by atoms with Gasteiger partial charge in [0, 0.05) is 34.2 Å². The van der Waals surface area contributed by atoms with E-state index in [0.29, 0.717) is 0 Å². The first-order valence-electron chi connectivity index (χ1n) is 10.8. The number of pyridine rings is 2. The Morgan fingerprint density at radius 3 is 2.48 bits per heavy atom. The summed E-state index contributed by atoms with van der Waals surface area (Å²) in [6.07, 6.45) is 4.21. The molecule has 0 aliphatic heterocycles. The Kier molecular flexibility index (Phi) is 3.57. The largest absolute Gasteiger partial charge is 0.453 e. The van der Waals surface area contributed by atoms with Gasteiger partial charge in [-0.2, -0.15) is 0 Å². The van der Waals surface area contributed by atoms with Crippen LogP contribution in [0.5, 0.6) is 0 Å². The molecular formula is C28H25N2O+. The lowest BCUT2D eigenvalue weighted by Crippen LogP contribution is -2.31. The van der Waals surface area contributed by atoms with Crippen LogP contribution >= 0.6 is 0 Å². The number of fused-ring (bicyclic) bond motifs is 7. The van der Waals surface area contributed by atoms with Gasteiger partial charge in [0.05, 0.1) is 5.56 Å². The lowest BCUT2D eigenvalue weighted by Gasteiger charge is -2.20. The molecule has 2 aromatic carbocycles.